The minimum absolute atomic E-state index is 0.0367. The highest BCUT2D eigenvalue weighted by Crippen LogP contribution is 2.22. The van der Waals surface area contributed by atoms with E-state index in [9.17, 15) is 13.2 Å². The Morgan fingerprint density at radius 2 is 1.77 bits per heavy atom. The second-order valence-electron chi connectivity index (χ2n) is 7.64. The molecule has 1 atom stereocenters. The van der Waals surface area contributed by atoms with Crippen LogP contribution in [0.4, 0.5) is 0 Å². The van der Waals surface area contributed by atoms with E-state index < -0.39 is 16.1 Å². The van der Waals surface area contributed by atoms with Crippen LogP contribution in [0.3, 0.4) is 0 Å². The number of rotatable bonds is 8. The molecule has 0 spiro atoms. The summed E-state index contributed by atoms with van der Waals surface area (Å²) in [7, 11) is -3.74. The highest BCUT2D eigenvalue weighted by Gasteiger charge is 2.21. The van der Waals surface area contributed by atoms with Crippen LogP contribution in [0.25, 0.3) is 0 Å². The van der Waals surface area contributed by atoms with Gasteiger partial charge in [-0.2, -0.15) is 0 Å². The smallest absolute Gasteiger partial charge is 0.260 e. The molecule has 2 aromatic rings. The van der Waals surface area contributed by atoms with Crippen LogP contribution in [0.5, 0.6) is 5.75 Å². The van der Waals surface area contributed by atoms with E-state index in [1.807, 2.05) is 0 Å². The van der Waals surface area contributed by atoms with Gasteiger partial charge in [-0.1, -0.05) is 48.5 Å². The number of halogens is 2. The minimum Gasteiger partial charge on any atom is -0.481 e. The Bertz CT molecular complexity index is 1010. The van der Waals surface area contributed by atoms with Gasteiger partial charge in [0.25, 0.3) is 5.91 Å². The topological polar surface area (TPSA) is 84.5 Å². The van der Waals surface area contributed by atoms with Gasteiger partial charge in [0.05, 0.1) is 4.90 Å². The summed E-state index contributed by atoms with van der Waals surface area (Å²) in [6.45, 7) is 1.72. The third-order valence-corrected chi connectivity index (χ3v) is 7.24. The number of hydrogen-bond acceptors (Lipinski definition) is 4. The van der Waals surface area contributed by atoms with Crippen LogP contribution >= 0.6 is 23.2 Å². The Labute approximate surface area is 193 Å². The van der Waals surface area contributed by atoms with Crippen molar-refractivity contribution in [1.29, 1.82) is 0 Å². The molecule has 1 amide bonds. The van der Waals surface area contributed by atoms with Gasteiger partial charge in [0.2, 0.25) is 10.0 Å². The van der Waals surface area contributed by atoms with Gasteiger partial charge in [0, 0.05) is 22.6 Å². The summed E-state index contributed by atoms with van der Waals surface area (Å²) in [5.41, 5.74) is 0.618. The molecule has 0 aromatic heterocycles. The summed E-state index contributed by atoms with van der Waals surface area (Å²) < 4.78 is 33.3. The Balaban J connectivity index is 1.56. The lowest BCUT2D eigenvalue weighted by Gasteiger charge is -2.24. The molecule has 1 fully saturated rings. The van der Waals surface area contributed by atoms with Gasteiger partial charge in [0.15, 0.2) is 6.10 Å². The third kappa shape index (κ3) is 6.84. The first-order valence-corrected chi connectivity index (χ1v) is 12.5. The lowest BCUT2D eigenvalue weighted by Crippen LogP contribution is -2.43. The van der Waals surface area contributed by atoms with Crippen molar-refractivity contribution in [2.45, 2.75) is 62.6 Å². The Kier molecular flexibility index (Phi) is 8.22. The van der Waals surface area contributed by atoms with Crippen molar-refractivity contribution in [2.75, 3.05) is 0 Å². The van der Waals surface area contributed by atoms with Crippen molar-refractivity contribution in [1.82, 2.24) is 10.0 Å². The molecule has 1 aliphatic carbocycles. The predicted molar refractivity (Wildman–Crippen MR) is 122 cm³/mol. The summed E-state index contributed by atoms with van der Waals surface area (Å²) in [5.74, 6) is 0.260. The lowest BCUT2D eigenvalue weighted by atomic mass is 9.95. The average molecular weight is 485 g/mol. The molecule has 2 N–H and O–H groups in total. The van der Waals surface area contributed by atoms with Crippen molar-refractivity contribution < 1.29 is 17.9 Å². The number of carbonyl (C=O) groups is 1. The molecule has 1 saturated carbocycles. The van der Waals surface area contributed by atoms with Crippen molar-refractivity contribution in [3.63, 3.8) is 0 Å². The predicted octanol–water partition coefficient (Wildman–Crippen LogP) is 4.69. The summed E-state index contributed by atoms with van der Waals surface area (Å²) >= 11 is 12.0. The molecule has 0 saturated heterocycles. The minimum atomic E-state index is -3.74. The number of amides is 1. The van der Waals surface area contributed by atoms with Crippen molar-refractivity contribution in [3.05, 3.63) is 58.1 Å². The zero-order valence-electron chi connectivity index (χ0n) is 17.2. The molecule has 2 aromatic carbocycles. The summed E-state index contributed by atoms with van der Waals surface area (Å²) in [4.78, 5) is 12.4. The van der Waals surface area contributed by atoms with E-state index in [-0.39, 0.29) is 23.4 Å². The molecular formula is C22H26Cl2N2O4S. The van der Waals surface area contributed by atoms with Crippen LogP contribution in [0.2, 0.25) is 10.0 Å². The number of benzene rings is 2. The second-order valence-corrected chi connectivity index (χ2v) is 10.2. The molecule has 9 heteroatoms. The molecule has 0 unspecified atom stereocenters. The summed E-state index contributed by atoms with van der Waals surface area (Å²) in [6, 6.07) is 11.0. The molecule has 0 bridgehead atoms. The summed E-state index contributed by atoms with van der Waals surface area (Å²) in [5, 5.41) is 3.89. The quantitative estimate of drug-likeness (QED) is 0.569. The fourth-order valence-corrected chi connectivity index (χ4v) is 4.92. The first-order chi connectivity index (χ1) is 14.7. The first-order valence-electron chi connectivity index (χ1n) is 10.3. The Morgan fingerprint density at radius 1 is 1.10 bits per heavy atom. The Morgan fingerprint density at radius 3 is 2.42 bits per heavy atom. The number of carbonyl (C=O) groups excluding carboxylic acids is 1. The van der Waals surface area contributed by atoms with E-state index in [0.29, 0.717) is 21.4 Å². The van der Waals surface area contributed by atoms with E-state index >= 15 is 0 Å². The zero-order chi connectivity index (χ0) is 22.4. The lowest BCUT2D eigenvalue weighted by molar-refractivity contribution is -0.128. The normalized spacial score (nSPS) is 16.0. The van der Waals surface area contributed by atoms with Gasteiger partial charge in [0.1, 0.15) is 5.75 Å². The highest BCUT2D eigenvalue weighted by molar-refractivity contribution is 7.89. The van der Waals surface area contributed by atoms with Gasteiger partial charge < -0.3 is 10.1 Å². The van der Waals surface area contributed by atoms with Crippen LogP contribution in [-0.2, 0) is 21.4 Å². The average Bonchev–Trinajstić information content (AvgIpc) is 2.74. The van der Waals surface area contributed by atoms with E-state index in [0.717, 1.165) is 25.7 Å². The van der Waals surface area contributed by atoms with Gasteiger partial charge >= 0.3 is 0 Å². The zero-order valence-corrected chi connectivity index (χ0v) is 19.6. The monoisotopic (exact) mass is 484 g/mol. The maximum atomic E-state index is 12.6. The van der Waals surface area contributed by atoms with Crippen LogP contribution in [0.15, 0.2) is 47.4 Å². The molecule has 0 heterocycles. The van der Waals surface area contributed by atoms with Gasteiger partial charge in [-0.15, -0.1) is 0 Å². The molecule has 168 valence electrons. The molecule has 31 heavy (non-hydrogen) atoms. The number of nitrogens with one attached hydrogen (secondary N) is 2. The molecule has 1 aliphatic rings. The molecular weight excluding hydrogens is 459 g/mol. The van der Waals surface area contributed by atoms with Crippen LogP contribution in [0, 0.1) is 0 Å². The maximum Gasteiger partial charge on any atom is 0.260 e. The van der Waals surface area contributed by atoms with Gasteiger partial charge in [-0.3, -0.25) is 4.79 Å². The largest absolute Gasteiger partial charge is 0.481 e. The third-order valence-electron chi connectivity index (χ3n) is 5.24. The summed E-state index contributed by atoms with van der Waals surface area (Å²) in [6.07, 6.45) is 4.81. The second kappa shape index (κ2) is 10.7. The van der Waals surface area contributed by atoms with Gasteiger partial charge in [-0.25, -0.2) is 13.1 Å². The van der Waals surface area contributed by atoms with Crippen molar-refractivity contribution in [2.24, 2.45) is 0 Å². The Hall–Kier alpha value is -1.80. The number of ether oxygens (including phenoxy) is 1. The number of hydrogen-bond donors (Lipinski definition) is 2. The SMILES string of the molecule is C[C@@H](Oc1ccc(S(=O)(=O)NCc2ccc(Cl)cc2Cl)cc1)C(=O)NC1CCCCC1. The van der Waals surface area contributed by atoms with E-state index in [2.05, 4.69) is 10.0 Å². The van der Waals surface area contributed by atoms with E-state index in [1.165, 1.54) is 30.7 Å². The molecule has 0 aliphatic heterocycles. The van der Waals surface area contributed by atoms with Crippen LogP contribution < -0.4 is 14.8 Å². The van der Waals surface area contributed by atoms with Crippen LogP contribution in [0.1, 0.15) is 44.6 Å². The van der Waals surface area contributed by atoms with Gasteiger partial charge in [-0.05, 0) is 61.7 Å². The fraction of sp³-hybridized carbons (Fsp3) is 0.409. The van der Waals surface area contributed by atoms with E-state index in [4.69, 9.17) is 27.9 Å². The first kappa shape index (κ1) is 23.9. The molecule has 0 radical (unpaired) electrons. The molecule has 3 rings (SSSR count). The molecule has 6 nitrogen and oxygen atoms in total. The van der Waals surface area contributed by atoms with E-state index in [1.54, 1.807) is 25.1 Å². The highest BCUT2D eigenvalue weighted by atomic mass is 35.5. The van der Waals surface area contributed by atoms with Crippen LogP contribution in [-0.4, -0.2) is 26.5 Å². The van der Waals surface area contributed by atoms with Crippen molar-refractivity contribution in [3.8, 4) is 5.75 Å². The maximum absolute atomic E-state index is 12.6. The fourth-order valence-electron chi connectivity index (χ4n) is 3.44. The van der Waals surface area contributed by atoms with Crippen molar-refractivity contribution >= 4 is 39.1 Å². The number of sulfonamides is 1. The standard InChI is InChI=1S/C22H26Cl2N2O4S/c1-15(22(27)26-18-5-3-2-4-6-18)30-19-9-11-20(12-10-19)31(28,29)25-14-16-7-8-17(23)13-21(16)24/h7-13,15,18,25H,2-6,14H2,1H3,(H,26,27)/t15-/m1/s1.